The second kappa shape index (κ2) is 6.86. The first-order valence-corrected chi connectivity index (χ1v) is 6.12. The maximum atomic E-state index is 13.2. The third-order valence-electron chi connectivity index (χ3n) is 3.09. The van der Waals surface area contributed by atoms with Crippen LogP contribution in [0, 0.1) is 17.1 Å². The Bertz CT molecular complexity index is 497. The zero-order valence-corrected chi connectivity index (χ0v) is 11.1. The van der Waals surface area contributed by atoms with Crippen molar-refractivity contribution in [3.63, 3.8) is 0 Å². The van der Waals surface area contributed by atoms with E-state index in [0.29, 0.717) is 6.54 Å². The summed E-state index contributed by atoms with van der Waals surface area (Å²) >= 11 is 0. The maximum Gasteiger partial charge on any atom is 0.317 e. The third kappa shape index (κ3) is 4.34. The van der Waals surface area contributed by atoms with Crippen LogP contribution in [-0.4, -0.2) is 28.6 Å². The highest BCUT2D eigenvalue weighted by molar-refractivity contribution is 5.69. The van der Waals surface area contributed by atoms with Gasteiger partial charge in [0, 0.05) is 12.6 Å². The van der Waals surface area contributed by atoms with Crippen molar-refractivity contribution in [2.24, 2.45) is 0 Å². The summed E-state index contributed by atoms with van der Waals surface area (Å²) in [6.07, 6.45) is 0.819. The van der Waals surface area contributed by atoms with E-state index in [1.807, 2.05) is 13.8 Å². The van der Waals surface area contributed by atoms with Crippen molar-refractivity contribution < 1.29 is 14.3 Å². The van der Waals surface area contributed by atoms with Gasteiger partial charge in [-0.05, 0) is 31.0 Å². The predicted molar refractivity (Wildman–Crippen MR) is 68.9 cm³/mol. The van der Waals surface area contributed by atoms with Crippen molar-refractivity contribution >= 4 is 5.97 Å². The van der Waals surface area contributed by atoms with Crippen LogP contribution in [0.25, 0.3) is 0 Å². The van der Waals surface area contributed by atoms with Crippen LogP contribution in [0.5, 0.6) is 0 Å². The Morgan fingerprint density at radius 1 is 1.58 bits per heavy atom. The minimum absolute atomic E-state index is 0.0167. The molecule has 0 heterocycles. The molecule has 0 aliphatic carbocycles. The number of halogens is 1. The van der Waals surface area contributed by atoms with Crippen LogP contribution in [0.4, 0.5) is 4.39 Å². The van der Waals surface area contributed by atoms with Gasteiger partial charge in [-0.1, -0.05) is 13.0 Å². The summed E-state index contributed by atoms with van der Waals surface area (Å²) in [4.78, 5) is 12.6. The molecule has 1 atom stereocenters. The molecule has 1 aromatic carbocycles. The van der Waals surface area contributed by atoms with E-state index in [4.69, 9.17) is 10.4 Å². The summed E-state index contributed by atoms with van der Waals surface area (Å²) in [5, 5.41) is 17.7. The van der Waals surface area contributed by atoms with E-state index >= 15 is 0 Å². The molecular weight excluding hydrogens is 247 g/mol. The fraction of sp³-hybridized carbons (Fsp3) is 0.429. The SMILES string of the molecule is CCC(C)N(CC(=O)O)Cc1ccc(F)c(C#N)c1. The maximum absolute atomic E-state index is 13.2. The molecular formula is C14H17FN2O2. The lowest BCUT2D eigenvalue weighted by atomic mass is 10.1. The summed E-state index contributed by atoms with van der Waals surface area (Å²) in [6.45, 7) is 4.23. The average Bonchev–Trinajstić information content (AvgIpc) is 2.38. The molecule has 1 aromatic rings. The van der Waals surface area contributed by atoms with E-state index < -0.39 is 11.8 Å². The molecule has 0 radical (unpaired) electrons. The Morgan fingerprint density at radius 3 is 2.79 bits per heavy atom. The van der Waals surface area contributed by atoms with Gasteiger partial charge in [0.1, 0.15) is 11.9 Å². The number of carboxylic acid groups (broad SMARTS) is 1. The van der Waals surface area contributed by atoms with Gasteiger partial charge in [0.15, 0.2) is 0 Å². The van der Waals surface area contributed by atoms with Gasteiger partial charge in [0.05, 0.1) is 12.1 Å². The molecule has 102 valence electrons. The van der Waals surface area contributed by atoms with Crippen molar-refractivity contribution in [3.05, 3.63) is 35.1 Å². The second-order valence-corrected chi connectivity index (χ2v) is 4.48. The molecule has 0 fully saturated rings. The fourth-order valence-electron chi connectivity index (χ4n) is 1.79. The van der Waals surface area contributed by atoms with Crippen molar-refractivity contribution in [2.75, 3.05) is 6.54 Å². The first-order valence-electron chi connectivity index (χ1n) is 6.12. The van der Waals surface area contributed by atoms with Crippen LogP contribution in [0.15, 0.2) is 18.2 Å². The van der Waals surface area contributed by atoms with Gasteiger partial charge in [-0.2, -0.15) is 5.26 Å². The molecule has 0 aromatic heterocycles. The minimum atomic E-state index is -0.900. The Morgan fingerprint density at radius 2 is 2.26 bits per heavy atom. The number of rotatable bonds is 6. The van der Waals surface area contributed by atoms with E-state index in [-0.39, 0.29) is 18.2 Å². The average molecular weight is 264 g/mol. The van der Waals surface area contributed by atoms with E-state index in [1.165, 1.54) is 12.1 Å². The molecule has 0 aliphatic heterocycles. The van der Waals surface area contributed by atoms with Gasteiger partial charge in [-0.15, -0.1) is 0 Å². The second-order valence-electron chi connectivity index (χ2n) is 4.48. The zero-order valence-electron chi connectivity index (χ0n) is 11.1. The number of benzene rings is 1. The van der Waals surface area contributed by atoms with Crippen molar-refractivity contribution in [2.45, 2.75) is 32.9 Å². The first kappa shape index (κ1) is 15.1. The summed E-state index contributed by atoms with van der Waals surface area (Å²) in [5.41, 5.74) is 0.719. The Labute approximate surface area is 112 Å². The number of nitriles is 1. The number of carboxylic acids is 1. The van der Waals surface area contributed by atoms with Gasteiger partial charge in [-0.3, -0.25) is 9.69 Å². The Balaban J connectivity index is 2.90. The van der Waals surface area contributed by atoms with Crippen LogP contribution >= 0.6 is 0 Å². The standard InChI is InChI=1S/C14H17FN2O2/c1-3-10(2)17(9-14(18)19)8-11-4-5-13(15)12(6-11)7-16/h4-6,10H,3,8-9H2,1-2H3,(H,18,19). The summed E-state index contributed by atoms with van der Waals surface area (Å²) in [6, 6.07) is 6.17. The number of nitrogens with zero attached hydrogens (tertiary/aromatic N) is 2. The largest absolute Gasteiger partial charge is 0.480 e. The van der Waals surface area contributed by atoms with Gasteiger partial charge >= 0.3 is 5.97 Å². The molecule has 0 saturated heterocycles. The lowest BCUT2D eigenvalue weighted by Crippen LogP contribution is -2.36. The molecule has 5 heteroatoms. The molecule has 19 heavy (non-hydrogen) atoms. The van der Waals surface area contributed by atoms with Crippen molar-refractivity contribution in [1.82, 2.24) is 4.90 Å². The highest BCUT2D eigenvalue weighted by Crippen LogP contribution is 2.14. The van der Waals surface area contributed by atoms with Crippen molar-refractivity contribution in [3.8, 4) is 6.07 Å². The van der Waals surface area contributed by atoms with E-state index in [9.17, 15) is 9.18 Å². The van der Waals surface area contributed by atoms with Crippen LogP contribution in [-0.2, 0) is 11.3 Å². The van der Waals surface area contributed by atoms with Crippen molar-refractivity contribution in [1.29, 1.82) is 5.26 Å². The lowest BCUT2D eigenvalue weighted by Gasteiger charge is -2.26. The summed E-state index contributed by atoms with van der Waals surface area (Å²) in [7, 11) is 0. The van der Waals surface area contributed by atoms with Gasteiger partial charge in [0.25, 0.3) is 0 Å². The highest BCUT2D eigenvalue weighted by Gasteiger charge is 2.16. The van der Waals surface area contributed by atoms with Gasteiger partial charge < -0.3 is 5.11 Å². The Hall–Kier alpha value is -1.93. The molecule has 0 spiro atoms. The molecule has 1 unspecified atom stereocenters. The minimum Gasteiger partial charge on any atom is -0.480 e. The third-order valence-corrected chi connectivity index (χ3v) is 3.09. The van der Waals surface area contributed by atoms with Crippen LogP contribution in [0.1, 0.15) is 31.4 Å². The summed E-state index contributed by atoms with van der Waals surface area (Å²) in [5.74, 6) is -1.46. The van der Waals surface area contributed by atoms with E-state index in [1.54, 1.807) is 17.0 Å². The molecule has 0 amide bonds. The fourth-order valence-corrected chi connectivity index (χ4v) is 1.79. The summed E-state index contributed by atoms with van der Waals surface area (Å²) < 4.78 is 13.2. The quantitative estimate of drug-likeness (QED) is 0.856. The number of hydrogen-bond acceptors (Lipinski definition) is 3. The zero-order chi connectivity index (χ0) is 14.4. The molecule has 0 aliphatic rings. The molecule has 0 bridgehead atoms. The van der Waals surface area contributed by atoms with E-state index in [2.05, 4.69) is 0 Å². The lowest BCUT2D eigenvalue weighted by molar-refractivity contribution is -0.139. The molecule has 1 rings (SSSR count). The number of aliphatic carboxylic acids is 1. The van der Waals surface area contributed by atoms with Gasteiger partial charge in [0.2, 0.25) is 0 Å². The molecule has 0 saturated carbocycles. The smallest absolute Gasteiger partial charge is 0.317 e. The van der Waals surface area contributed by atoms with E-state index in [0.717, 1.165) is 12.0 Å². The van der Waals surface area contributed by atoms with Crippen LogP contribution in [0.2, 0.25) is 0 Å². The Kier molecular flexibility index (Phi) is 5.46. The molecule has 1 N–H and O–H groups in total. The normalized spacial score (nSPS) is 12.2. The monoisotopic (exact) mass is 264 g/mol. The first-order chi connectivity index (χ1) is 8.97. The van der Waals surface area contributed by atoms with Gasteiger partial charge in [-0.25, -0.2) is 4.39 Å². The van der Waals surface area contributed by atoms with Crippen LogP contribution in [0.3, 0.4) is 0 Å². The molecule has 4 nitrogen and oxygen atoms in total. The number of carbonyl (C=O) groups is 1. The van der Waals surface area contributed by atoms with Crippen LogP contribution < -0.4 is 0 Å². The highest BCUT2D eigenvalue weighted by atomic mass is 19.1. The predicted octanol–water partition coefficient (Wildman–Crippen LogP) is 2.38. The topological polar surface area (TPSA) is 64.3 Å². The number of hydrogen-bond donors (Lipinski definition) is 1.